The fourth-order valence-corrected chi connectivity index (χ4v) is 2.00. The van der Waals surface area contributed by atoms with Crippen molar-refractivity contribution in [3.63, 3.8) is 0 Å². The average molecular weight is 254 g/mol. The molecule has 0 amide bonds. The van der Waals surface area contributed by atoms with E-state index in [1.165, 1.54) is 6.07 Å². The highest BCUT2D eigenvalue weighted by Crippen LogP contribution is 2.28. The molecule has 3 aromatic rings. The second kappa shape index (κ2) is 4.13. The molecule has 2 heterocycles. The van der Waals surface area contributed by atoms with Crippen LogP contribution in [0.5, 0.6) is 5.75 Å². The summed E-state index contributed by atoms with van der Waals surface area (Å²) in [6.45, 7) is 0. The van der Waals surface area contributed by atoms with Gasteiger partial charge >= 0.3 is 5.97 Å². The number of carbonyl (C=O) groups is 1. The maximum atomic E-state index is 11.1. The van der Waals surface area contributed by atoms with Gasteiger partial charge in [-0.1, -0.05) is 12.1 Å². The van der Waals surface area contributed by atoms with E-state index in [0.29, 0.717) is 16.9 Å². The Hall–Kier alpha value is -2.82. The van der Waals surface area contributed by atoms with Crippen molar-refractivity contribution in [3.05, 3.63) is 54.4 Å². The maximum absolute atomic E-state index is 11.1. The number of rotatable bonds is 2. The minimum atomic E-state index is -1.03. The van der Waals surface area contributed by atoms with E-state index in [1.807, 2.05) is 0 Å². The molecule has 0 aliphatic carbocycles. The molecule has 0 radical (unpaired) electrons. The molecular weight excluding hydrogens is 244 g/mol. The first-order chi connectivity index (χ1) is 9.16. The zero-order chi connectivity index (χ0) is 13.4. The van der Waals surface area contributed by atoms with E-state index >= 15 is 0 Å². The summed E-state index contributed by atoms with van der Waals surface area (Å²) in [5.41, 5.74) is 1.59. The molecule has 0 aliphatic heterocycles. The van der Waals surface area contributed by atoms with Gasteiger partial charge in [-0.05, 0) is 24.3 Å². The van der Waals surface area contributed by atoms with Crippen LogP contribution in [0.1, 0.15) is 10.4 Å². The van der Waals surface area contributed by atoms with E-state index < -0.39 is 5.97 Å². The summed E-state index contributed by atoms with van der Waals surface area (Å²) in [6.07, 6.45) is 3.41. The Kier molecular flexibility index (Phi) is 2.45. The topological polar surface area (TPSA) is 74.8 Å². The van der Waals surface area contributed by atoms with Gasteiger partial charge in [-0.25, -0.2) is 9.78 Å². The third-order valence-electron chi connectivity index (χ3n) is 2.89. The fourth-order valence-electron chi connectivity index (χ4n) is 2.00. The van der Waals surface area contributed by atoms with Crippen LogP contribution in [0.3, 0.4) is 0 Å². The lowest BCUT2D eigenvalue weighted by atomic mass is 10.1. The number of hydrogen-bond donors (Lipinski definition) is 2. The smallest absolute Gasteiger partial charge is 0.339 e. The van der Waals surface area contributed by atoms with E-state index in [2.05, 4.69) is 4.98 Å². The van der Waals surface area contributed by atoms with E-state index in [9.17, 15) is 9.90 Å². The molecule has 5 heteroatoms. The standard InChI is InChI=1S/C14H10N2O3/c17-12-6-2-1-4-9(12)11-8-16-7-3-5-10(14(18)19)13(16)15-11/h1-8,17H,(H,18,19). The Labute approximate surface area is 108 Å². The summed E-state index contributed by atoms with van der Waals surface area (Å²) in [4.78, 5) is 15.4. The molecule has 0 saturated heterocycles. The summed E-state index contributed by atoms with van der Waals surface area (Å²) in [6, 6.07) is 9.95. The van der Waals surface area contributed by atoms with Gasteiger partial charge in [-0.3, -0.25) is 0 Å². The number of phenols is 1. The summed E-state index contributed by atoms with van der Waals surface area (Å²) in [5.74, 6) is -0.914. The number of fused-ring (bicyclic) bond motifs is 1. The van der Waals surface area contributed by atoms with Crippen molar-refractivity contribution < 1.29 is 15.0 Å². The number of phenolic OH excluding ortho intramolecular Hbond substituents is 1. The Morgan fingerprint density at radius 1 is 1.16 bits per heavy atom. The molecule has 0 saturated carbocycles. The molecule has 3 rings (SSSR count). The maximum Gasteiger partial charge on any atom is 0.339 e. The summed E-state index contributed by atoms with van der Waals surface area (Å²) in [7, 11) is 0. The van der Waals surface area contributed by atoms with Crippen LogP contribution in [-0.4, -0.2) is 25.6 Å². The minimum Gasteiger partial charge on any atom is -0.507 e. The predicted molar refractivity (Wildman–Crippen MR) is 69.3 cm³/mol. The van der Waals surface area contributed by atoms with Crippen molar-refractivity contribution >= 4 is 11.6 Å². The van der Waals surface area contributed by atoms with Crippen molar-refractivity contribution in [3.8, 4) is 17.0 Å². The second-order valence-electron chi connectivity index (χ2n) is 4.10. The third kappa shape index (κ3) is 1.81. The number of benzene rings is 1. The van der Waals surface area contributed by atoms with Gasteiger partial charge in [0.15, 0.2) is 5.65 Å². The van der Waals surface area contributed by atoms with Gasteiger partial charge in [0.1, 0.15) is 11.3 Å². The molecule has 2 aromatic heterocycles. The van der Waals surface area contributed by atoms with Crippen molar-refractivity contribution in [1.82, 2.24) is 9.38 Å². The van der Waals surface area contributed by atoms with Crippen LogP contribution in [0.15, 0.2) is 48.8 Å². The van der Waals surface area contributed by atoms with Gasteiger partial charge in [-0.15, -0.1) is 0 Å². The Morgan fingerprint density at radius 3 is 2.68 bits per heavy atom. The highest BCUT2D eigenvalue weighted by Gasteiger charge is 2.13. The zero-order valence-electron chi connectivity index (χ0n) is 9.82. The first-order valence-electron chi connectivity index (χ1n) is 5.66. The number of para-hydroxylation sites is 1. The predicted octanol–water partition coefficient (Wildman–Crippen LogP) is 2.41. The average Bonchev–Trinajstić information content (AvgIpc) is 2.82. The lowest BCUT2D eigenvalue weighted by Crippen LogP contribution is -1.99. The van der Waals surface area contributed by atoms with Gasteiger partial charge < -0.3 is 14.6 Å². The minimum absolute atomic E-state index is 0.114. The second-order valence-corrected chi connectivity index (χ2v) is 4.10. The molecule has 1 aromatic carbocycles. The summed E-state index contributed by atoms with van der Waals surface area (Å²) >= 11 is 0. The first kappa shape index (κ1) is 11.3. The number of nitrogens with zero attached hydrogens (tertiary/aromatic N) is 2. The molecule has 0 spiro atoms. The first-order valence-corrected chi connectivity index (χ1v) is 5.66. The molecule has 19 heavy (non-hydrogen) atoms. The van der Waals surface area contributed by atoms with Crippen molar-refractivity contribution in [2.75, 3.05) is 0 Å². The van der Waals surface area contributed by atoms with Crippen LogP contribution in [0.25, 0.3) is 16.9 Å². The van der Waals surface area contributed by atoms with E-state index in [1.54, 1.807) is 47.1 Å². The summed E-state index contributed by atoms with van der Waals surface area (Å²) in [5, 5.41) is 18.9. The largest absolute Gasteiger partial charge is 0.507 e. The number of aromatic carboxylic acids is 1. The quantitative estimate of drug-likeness (QED) is 0.736. The van der Waals surface area contributed by atoms with Crippen LogP contribution in [0, 0.1) is 0 Å². The van der Waals surface area contributed by atoms with Crippen molar-refractivity contribution in [1.29, 1.82) is 0 Å². The Morgan fingerprint density at radius 2 is 1.95 bits per heavy atom. The van der Waals surface area contributed by atoms with E-state index in [4.69, 9.17) is 5.11 Å². The number of aromatic nitrogens is 2. The monoisotopic (exact) mass is 254 g/mol. The Balaban J connectivity index is 2.26. The van der Waals surface area contributed by atoms with E-state index in [0.717, 1.165) is 0 Å². The lowest BCUT2D eigenvalue weighted by Gasteiger charge is -1.98. The van der Waals surface area contributed by atoms with E-state index in [-0.39, 0.29) is 11.3 Å². The van der Waals surface area contributed by atoms with Crippen LogP contribution < -0.4 is 0 Å². The van der Waals surface area contributed by atoms with Gasteiger partial charge in [0.25, 0.3) is 0 Å². The molecule has 0 atom stereocenters. The molecule has 0 unspecified atom stereocenters. The number of pyridine rings is 1. The zero-order valence-corrected chi connectivity index (χ0v) is 9.82. The van der Waals surface area contributed by atoms with Gasteiger partial charge in [-0.2, -0.15) is 0 Å². The van der Waals surface area contributed by atoms with Crippen LogP contribution in [0.4, 0.5) is 0 Å². The normalized spacial score (nSPS) is 10.7. The third-order valence-corrected chi connectivity index (χ3v) is 2.89. The lowest BCUT2D eigenvalue weighted by molar-refractivity contribution is 0.0698. The van der Waals surface area contributed by atoms with Crippen molar-refractivity contribution in [2.45, 2.75) is 0 Å². The Bertz CT molecular complexity index is 777. The fraction of sp³-hybridized carbons (Fsp3) is 0. The highest BCUT2D eigenvalue weighted by atomic mass is 16.4. The SMILES string of the molecule is O=C(O)c1cccn2cc(-c3ccccc3O)nc12. The number of carboxylic acids is 1. The summed E-state index contributed by atoms with van der Waals surface area (Å²) < 4.78 is 1.63. The molecule has 0 fully saturated rings. The van der Waals surface area contributed by atoms with Gasteiger partial charge in [0.2, 0.25) is 0 Å². The number of imidazole rings is 1. The molecule has 2 N–H and O–H groups in total. The molecule has 94 valence electrons. The van der Waals surface area contributed by atoms with Crippen LogP contribution in [-0.2, 0) is 0 Å². The van der Waals surface area contributed by atoms with Gasteiger partial charge in [0, 0.05) is 18.0 Å². The number of aromatic hydroxyl groups is 1. The van der Waals surface area contributed by atoms with Crippen LogP contribution >= 0.6 is 0 Å². The molecule has 0 bridgehead atoms. The van der Waals surface area contributed by atoms with Crippen molar-refractivity contribution in [2.24, 2.45) is 0 Å². The van der Waals surface area contributed by atoms with Gasteiger partial charge in [0.05, 0.1) is 5.69 Å². The molecular formula is C14H10N2O3. The number of hydrogen-bond acceptors (Lipinski definition) is 3. The highest BCUT2D eigenvalue weighted by molar-refractivity contribution is 5.94. The molecule has 0 aliphatic rings. The number of carboxylic acid groups (broad SMARTS) is 1. The van der Waals surface area contributed by atoms with Crippen LogP contribution in [0.2, 0.25) is 0 Å². The molecule has 5 nitrogen and oxygen atoms in total.